The first-order valence-corrected chi connectivity index (χ1v) is 7.71. The summed E-state index contributed by atoms with van der Waals surface area (Å²) in [6.45, 7) is 1.92. The molecular weight excluding hydrogens is 353 g/mol. The fourth-order valence-electron chi connectivity index (χ4n) is 2.59. The zero-order valence-electron chi connectivity index (χ0n) is 13.6. The summed E-state index contributed by atoms with van der Waals surface area (Å²) >= 11 is 0. The summed E-state index contributed by atoms with van der Waals surface area (Å²) in [7, 11) is 0. The average Bonchev–Trinajstić information content (AvgIpc) is 2.57. The second-order valence-corrected chi connectivity index (χ2v) is 5.72. The molecule has 0 N–H and O–H groups in total. The molecule has 0 spiro atoms. The third kappa shape index (κ3) is 3.71. The van der Waals surface area contributed by atoms with Gasteiger partial charge in [0.25, 0.3) is 0 Å². The molecule has 0 radical (unpaired) electrons. The van der Waals surface area contributed by atoms with E-state index in [4.69, 9.17) is 4.74 Å². The molecule has 0 saturated carbocycles. The highest BCUT2D eigenvalue weighted by Crippen LogP contribution is 2.34. The Morgan fingerprint density at radius 1 is 1.04 bits per heavy atom. The summed E-state index contributed by atoms with van der Waals surface area (Å²) in [6.07, 6.45) is -1.03. The van der Waals surface area contributed by atoms with Gasteiger partial charge in [0, 0.05) is 18.2 Å². The molecule has 0 unspecified atom stereocenters. The van der Waals surface area contributed by atoms with Gasteiger partial charge in [0.05, 0.1) is 11.3 Å². The number of rotatable bonds is 3. The molecule has 1 heterocycles. The molecule has 0 aromatic heterocycles. The van der Waals surface area contributed by atoms with Gasteiger partial charge < -0.3 is 9.64 Å². The Balaban J connectivity index is 1.97. The van der Waals surface area contributed by atoms with E-state index >= 15 is 0 Å². The maximum absolute atomic E-state index is 14.2. The minimum Gasteiger partial charge on any atom is -0.441 e. The minimum atomic E-state index is -4.50. The molecular formula is C19H14F5NO. The summed E-state index contributed by atoms with van der Waals surface area (Å²) in [5.74, 6) is -1.37. The average molecular weight is 367 g/mol. The van der Waals surface area contributed by atoms with Crippen LogP contribution in [0.3, 0.4) is 0 Å². The van der Waals surface area contributed by atoms with Crippen LogP contribution in [0.1, 0.15) is 12.5 Å². The van der Waals surface area contributed by atoms with E-state index in [1.165, 1.54) is 23.1 Å². The number of alkyl halides is 3. The second-order valence-electron chi connectivity index (χ2n) is 5.72. The van der Waals surface area contributed by atoms with Crippen LogP contribution < -0.4 is 9.64 Å². The summed E-state index contributed by atoms with van der Waals surface area (Å²) in [4.78, 5) is 1.43. The van der Waals surface area contributed by atoms with Crippen molar-refractivity contribution in [2.75, 3.05) is 11.4 Å². The van der Waals surface area contributed by atoms with Gasteiger partial charge in [-0.2, -0.15) is 13.2 Å². The number of halogens is 5. The van der Waals surface area contributed by atoms with Crippen molar-refractivity contribution in [3.63, 3.8) is 0 Å². The number of nitrogens with zero attached hydrogens (tertiary/aromatic N) is 1. The van der Waals surface area contributed by atoms with Crippen LogP contribution in [0.5, 0.6) is 5.75 Å². The molecule has 136 valence electrons. The molecule has 2 nitrogen and oxygen atoms in total. The molecule has 1 aliphatic rings. The first-order chi connectivity index (χ1) is 12.3. The van der Waals surface area contributed by atoms with E-state index in [-0.39, 0.29) is 23.9 Å². The number of benzene rings is 2. The Labute approximate surface area is 146 Å². The van der Waals surface area contributed by atoms with E-state index in [2.05, 4.69) is 0 Å². The van der Waals surface area contributed by atoms with E-state index in [0.717, 1.165) is 24.3 Å². The van der Waals surface area contributed by atoms with Crippen LogP contribution in [0.25, 0.3) is 0 Å². The number of anilines is 1. The molecule has 1 aliphatic heterocycles. The fourth-order valence-corrected chi connectivity index (χ4v) is 2.59. The van der Waals surface area contributed by atoms with Gasteiger partial charge in [0.2, 0.25) is 5.88 Å². The largest absolute Gasteiger partial charge is 0.441 e. The maximum Gasteiger partial charge on any atom is 0.416 e. The molecule has 26 heavy (non-hydrogen) atoms. The monoisotopic (exact) mass is 367 g/mol. The van der Waals surface area contributed by atoms with E-state index in [9.17, 15) is 22.0 Å². The summed E-state index contributed by atoms with van der Waals surface area (Å²) < 4.78 is 71.6. The normalized spacial score (nSPS) is 14.8. The van der Waals surface area contributed by atoms with Gasteiger partial charge in [-0.1, -0.05) is 18.2 Å². The number of hydrogen-bond donors (Lipinski definition) is 0. The smallest absolute Gasteiger partial charge is 0.416 e. The van der Waals surface area contributed by atoms with Crippen molar-refractivity contribution in [3.8, 4) is 5.75 Å². The van der Waals surface area contributed by atoms with Gasteiger partial charge in [-0.15, -0.1) is 0 Å². The van der Waals surface area contributed by atoms with Gasteiger partial charge in [0.1, 0.15) is 17.4 Å². The molecule has 0 amide bonds. The Morgan fingerprint density at radius 3 is 2.50 bits per heavy atom. The van der Waals surface area contributed by atoms with Gasteiger partial charge in [-0.3, -0.25) is 0 Å². The number of ether oxygens (including phenoxy) is 1. The molecule has 0 bridgehead atoms. The third-order valence-electron chi connectivity index (χ3n) is 3.81. The lowest BCUT2D eigenvalue weighted by molar-refractivity contribution is -0.137. The maximum atomic E-state index is 14.2. The molecule has 0 atom stereocenters. The Morgan fingerprint density at radius 2 is 1.81 bits per heavy atom. The predicted molar refractivity (Wildman–Crippen MR) is 87.6 cm³/mol. The lowest BCUT2D eigenvalue weighted by atomic mass is 10.1. The van der Waals surface area contributed by atoms with Crippen molar-refractivity contribution in [1.82, 2.24) is 0 Å². The van der Waals surface area contributed by atoms with Crippen molar-refractivity contribution in [1.29, 1.82) is 0 Å². The standard InChI is InChI=1S/C19H14F5NO/c1-12-4-3-9-25(17-8-7-14(20)11-16(17)21)18(12)26-15-6-2-5-13(10-15)19(22,23)24/h2-8,10-11H,9H2,1H3. The first kappa shape index (κ1) is 18.0. The summed E-state index contributed by atoms with van der Waals surface area (Å²) in [5.41, 5.74) is -0.186. The van der Waals surface area contributed by atoms with Gasteiger partial charge in [-0.05, 0) is 37.3 Å². The second kappa shape index (κ2) is 6.82. The molecule has 0 fully saturated rings. The predicted octanol–water partition coefficient (Wildman–Crippen LogP) is 5.67. The number of allylic oxidation sites excluding steroid dienone is 2. The van der Waals surface area contributed by atoms with Crippen LogP contribution in [0.15, 0.2) is 66.1 Å². The quantitative estimate of drug-likeness (QED) is 0.648. The van der Waals surface area contributed by atoms with Crippen molar-refractivity contribution >= 4 is 5.69 Å². The van der Waals surface area contributed by atoms with Crippen molar-refractivity contribution in [3.05, 3.63) is 83.3 Å². The first-order valence-electron chi connectivity index (χ1n) is 7.71. The minimum absolute atomic E-state index is 0.0306. The molecule has 3 rings (SSSR count). The number of hydrogen-bond acceptors (Lipinski definition) is 2. The van der Waals surface area contributed by atoms with Gasteiger partial charge >= 0.3 is 6.18 Å². The molecule has 7 heteroatoms. The van der Waals surface area contributed by atoms with Crippen molar-refractivity contribution in [2.45, 2.75) is 13.1 Å². The molecule has 0 saturated heterocycles. The van der Waals surface area contributed by atoms with Crippen LogP contribution in [-0.2, 0) is 6.18 Å². The molecule has 2 aromatic carbocycles. The van der Waals surface area contributed by atoms with Crippen molar-refractivity contribution < 1.29 is 26.7 Å². The lowest BCUT2D eigenvalue weighted by Gasteiger charge is -2.30. The van der Waals surface area contributed by atoms with Crippen LogP contribution >= 0.6 is 0 Å². The van der Waals surface area contributed by atoms with Gasteiger partial charge in [-0.25, -0.2) is 8.78 Å². The zero-order chi connectivity index (χ0) is 18.9. The fraction of sp³-hybridized carbons (Fsp3) is 0.158. The highest BCUT2D eigenvalue weighted by molar-refractivity contribution is 5.56. The molecule has 2 aromatic rings. The van der Waals surface area contributed by atoms with E-state index in [0.29, 0.717) is 5.57 Å². The Kier molecular flexibility index (Phi) is 4.71. The van der Waals surface area contributed by atoms with Crippen LogP contribution in [-0.4, -0.2) is 6.54 Å². The highest BCUT2D eigenvalue weighted by Gasteiger charge is 2.31. The molecule has 0 aliphatic carbocycles. The topological polar surface area (TPSA) is 12.5 Å². The van der Waals surface area contributed by atoms with Crippen LogP contribution in [0.2, 0.25) is 0 Å². The summed E-state index contributed by atoms with van der Waals surface area (Å²) in [5, 5.41) is 0. The van der Waals surface area contributed by atoms with Gasteiger partial charge in [0.15, 0.2) is 0 Å². The Bertz CT molecular complexity index is 886. The zero-order valence-corrected chi connectivity index (χ0v) is 13.6. The van der Waals surface area contributed by atoms with E-state index in [1.807, 2.05) is 0 Å². The Hall–Kier alpha value is -2.83. The van der Waals surface area contributed by atoms with E-state index < -0.39 is 23.4 Å². The van der Waals surface area contributed by atoms with Crippen molar-refractivity contribution in [2.24, 2.45) is 0 Å². The van der Waals surface area contributed by atoms with Crippen LogP contribution in [0.4, 0.5) is 27.6 Å². The highest BCUT2D eigenvalue weighted by atomic mass is 19.4. The SMILES string of the molecule is CC1=C(Oc2cccc(C(F)(F)F)c2)N(c2ccc(F)cc2F)CC=C1. The van der Waals surface area contributed by atoms with E-state index in [1.54, 1.807) is 19.1 Å². The van der Waals surface area contributed by atoms with Crippen LogP contribution in [0, 0.1) is 11.6 Å². The third-order valence-corrected chi connectivity index (χ3v) is 3.81. The lowest BCUT2D eigenvalue weighted by Crippen LogP contribution is -2.30. The summed E-state index contributed by atoms with van der Waals surface area (Å²) in [6, 6.07) is 7.53.